The molecule has 0 fully saturated rings. The molecule has 2 N–H and O–H groups in total. The summed E-state index contributed by atoms with van der Waals surface area (Å²) in [5, 5.41) is 17.3. The van der Waals surface area contributed by atoms with Crippen molar-refractivity contribution in [2.45, 2.75) is 79.1 Å². The Hall–Kier alpha value is -1.22. The Morgan fingerprint density at radius 2 is 1.08 bits per heavy atom. The summed E-state index contributed by atoms with van der Waals surface area (Å²) in [6.07, 6.45) is 10.6. The molecule has 0 radical (unpaired) electrons. The molecule has 3 nitrogen and oxygen atoms in total. The Balaban J connectivity index is 0.000000593. The molecule has 2 atom stereocenters. The van der Waals surface area contributed by atoms with Crippen molar-refractivity contribution in [2.24, 2.45) is 11.8 Å². The lowest BCUT2D eigenvalue weighted by molar-refractivity contribution is 0.0630. The summed E-state index contributed by atoms with van der Waals surface area (Å²) in [5.41, 5.74) is 0. The van der Waals surface area contributed by atoms with Crippen LogP contribution < -0.4 is 0 Å². The van der Waals surface area contributed by atoms with Crippen molar-refractivity contribution in [3.8, 4) is 11.5 Å². The number of hydrogen-bond acceptors (Lipinski definition) is 3. The van der Waals surface area contributed by atoms with Crippen LogP contribution in [0.15, 0.2) is 24.3 Å². The lowest BCUT2D eigenvalue weighted by Crippen LogP contribution is -2.14. The summed E-state index contributed by atoms with van der Waals surface area (Å²) < 4.78 is 5.93. The molecular weight excluding hydrogens is 312 g/mol. The van der Waals surface area contributed by atoms with Gasteiger partial charge in [-0.05, 0) is 48.9 Å². The molecule has 0 aliphatic carbocycles. The summed E-state index contributed by atoms with van der Waals surface area (Å²) in [6.45, 7) is 11.1. The van der Waals surface area contributed by atoms with Gasteiger partial charge in [0.15, 0.2) is 0 Å². The maximum absolute atomic E-state index is 8.65. The average molecular weight is 353 g/mol. The Kier molecular flexibility index (Phi) is 15.5. The van der Waals surface area contributed by atoms with Crippen molar-refractivity contribution in [1.82, 2.24) is 0 Å². The van der Waals surface area contributed by atoms with E-state index in [-0.39, 0.29) is 11.5 Å². The quantitative estimate of drug-likeness (QED) is 0.420. The van der Waals surface area contributed by atoms with Crippen molar-refractivity contribution in [3.63, 3.8) is 0 Å². The molecule has 3 heteroatoms. The molecule has 146 valence electrons. The third-order valence-electron chi connectivity index (χ3n) is 4.64. The second-order valence-corrected chi connectivity index (χ2v) is 6.89. The van der Waals surface area contributed by atoms with Gasteiger partial charge in [0.1, 0.15) is 11.5 Å². The molecule has 0 aromatic heterocycles. The highest BCUT2D eigenvalue weighted by Crippen LogP contribution is 2.16. The number of unbranched alkanes of at least 4 members (excludes halogenated alkanes) is 2. The molecule has 0 aliphatic heterocycles. The number of rotatable bonds is 12. The second-order valence-electron chi connectivity index (χ2n) is 6.89. The van der Waals surface area contributed by atoms with Gasteiger partial charge in [0.2, 0.25) is 0 Å². The van der Waals surface area contributed by atoms with Crippen molar-refractivity contribution < 1.29 is 14.9 Å². The van der Waals surface area contributed by atoms with E-state index in [1.54, 1.807) is 0 Å². The van der Waals surface area contributed by atoms with E-state index in [1.807, 2.05) is 0 Å². The minimum absolute atomic E-state index is 0.169. The van der Waals surface area contributed by atoms with E-state index in [1.165, 1.54) is 75.6 Å². The lowest BCUT2D eigenvalue weighted by Gasteiger charge is -2.18. The highest BCUT2D eigenvalue weighted by molar-refractivity contribution is 5.28. The lowest BCUT2D eigenvalue weighted by atomic mass is 9.99. The highest BCUT2D eigenvalue weighted by atomic mass is 16.5. The van der Waals surface area contributed by atoms with Gasteiger partial charge in [-0.25, -0.2) is 0 Å². The normalized spacial score (nSPS) is 13.0. The van der Waals surface area contributed by atoms with Gasteiger partial charge in [0.25, 0.3) is 0 Å². The van der Waals surface area contributed by atoms with Crippen LogP contribution in [0.1, 0.15) is 79.1 Å². The van der Waals surface area contributed by atoms with Crippen LogP contribution in [0.3, 0.4) is 0 Å². The fourth-order valence-corrected chi connectivity index (χ4v) is 2.65. The highest BCUT2D eigenvalue weighted by Gasteiger charge is 2.09. The molecule has 25 heavy (non-hydrogen) atoms. The van der Waals surface area contributed by atoms with Crippen LogP contribution in [0, 0.1) is 11.8 Å². The molecule has 2 unspecified atom stereocenters. The second kappa shape index (κ2) is 16.3. The SMILES string of the molecule is CCCCC(CC)COCC(CC)CCCC.Oc1ccc(O)cc1. The van der Waals surface area contributed by atoms with Crippen molar-refractivity contribution >= 4 is 0 Å². The maximum Gasteiger partial charge on any atom is 0.115 e. The van der Waals surface area contributed by atoms with Gasteiger partial charge >= 0.3 is 0 Å². The van der Waals surface area contributed by atoms with E-state index >= 15 is 0 Å². The van der Waals surface area contributed by atoms with Crippen LogP contribution >= 0.6 is 0 Å². The van der Waals surface area contributed by atoms with E-state index in [2.05, 4.69) is 27.7 Å². The average Bonchev–Trinajstić information content (AvgIpc) is 2.63. The number of phenols is 2. The fourth-order valence-electron chi connectivity index (χ4n) is 2.65. The summed E-state index contributed by atoms with van der Waals surface area (Å²) in [7, 11) is 0. The predicted molar refractivity (Wildman–Crippen MR) is 107 cm³/mol. The van der Waals surface area contributed by atoms with Crippen LogP contribution in [-0.4, -0.2) is 23.4 Å². The minimum Gasteiger partial charge on any atom is -0.508 e. The molecule has 0 bridgehead atoms. The zero-order chi connectivity index (χ0) is 18.9. The summed E-state index contributed by atoms with van der Waals surface area (Å²) in [6, 6.07) is 5.70. The molecule has 0 heterocycles. The molecule has 0 aliphatic rings. The summed E-state index contributed by atoms with van der Waals surface area (Å²) >= 11 is 0. The van der Waals surface area contributed by atoms with E-state index < -0.39 is 0 Å². The van der Waals surface area contributed by atoms with E-state index in [0.717, 1.165) is 25.0 Å². The Bertz CT molecular complexity index is 352. The zero-order valence-corrected chi connectivity index (χ0v) is 16.8. The molecule has 0 amide bonds. The Morgan fingerprint density at radius 1 is 0.720 bits per heavy atom. The summed E-state index contributed by atoms with van der Waals surface area (Å²) in [4.78, 5) is 0. The standard InChI is InChI=1S/C16H34O.C6H6O2/c1-5-9-11-15(7-3)13-17-14-16(8-4)12-10-6-2;7-5-1-2-6(8)4-3-5/h15-16H,5-14H2,1-4H3;1-4,7-8H. The van der Waals surface area contributed by atoms with Crippen LogP contribution in [0.4, 0.5) is 0 Å². The topological polar surface area (TPSA) is 49.7 Å². The van der Waals surface area contributed by atoms with Crippen LogP contribution in [-0.2, 0) is 4.74 Å². The first-order valence-corrected chi connectivity index (χ1v) is 10.1. The first-order valence-electron chi connectivity index (χ1n) is 10.1. The summed E-state index contributed by atoms with van der Waals surface area (Å²) in [5.74, 6) is 1.92. The smallest absolute Gasteiger partial charge is 0.115 e. The molecular formula is C22H40O3. The third kappa shape index (κ3) is 13.7. The number of benzene rings is 1. The first kappa shape index (κ1) is 23.8. The monoisotopic (exact) mass is 352 g/mol. The number of aromatic hydroxyl groups is 2. The van der Waals surface area contributed by atoms with E-state index in [9.17, 15) is 0 Å². The number of ether oxygens (including phenoxy) is 1. The molecule has 1 aromatic carbocycles. The van der Waals surface area contributed by atoms with Crippen LogP contribution in [0.5, 0.6) is 11.5 Å². The van der Waals surface area contributed by atoms with Gasteiger partial charge in [0.05, 0.1) is 0 Å². The van der Waals surface area contributed by atoms with Gasteiger partial charge in [0, 0.05) is 13.2 Å². The van der Waals surface area contributed by atoms with Crippen molar-refractivity contribution in [3.05, 3.63) is 24.3 Å². The molecule has 0 spiro atoms. The largest absolute Gasteiger partial charge is 0.508 e. The maximum atomic E-state index is 8.65. The van der Waals surface area contributed by atoms with Gasteiger partial charge in [-0.3, -0.25) is 0 Å². The van der Waals surface area contributed by atoms with Crippen LogP contribution in [0.25, 0.3) is 0 Å². The van der Waals surface area contributed by atoms with Gasteiger partial charge in [-0.15, -0.1) is 0 Å². The fraction of sp³-hybridized carbons (Fsp3) is 0.727. The molecule has 0 saturated carbocycles. The molecule has 1 rings (SSSR count). The van der Waals surface area contributed by atoms with Crippen molar-refractivity contribution in [1.29, 1.82) is 0 Å². The third-order valence-corrected chi connectivity index (χ3v) is 4.64. The van der Waals surface area contributed by atoms with Gasteiger partial charge in [-0.1, -0.05) is 66.2 Å². The molecule has 0 saturated heterocycles. The van der Waals surface area contributed by atoms with Gasteiger partial charge in [-0.2, -0.15) is 0 Å². The molecule has 1 aromatic rings. The first-order chi connectivity index (χ1) is 12.1. The van der Waals surface area contributed by atoms with E-state index in [4.69, 9.17) is 14.9 Å². The zero-order valence-electron chi connectivity index (χ0n) is 16.8. The van der Waals surface area contributed by atoms with E-state index in [0.29, 0.717) is 0 Å². The number of hydrogen-bond donors (Lipinski definition) is 2. The Morgan fingerprint density at radius 3 is 1.36 bits per heavy atom. The Labute approximate surface area is 155 Å². The predicted octanol–water partition coefficient (Wildman–Crippen LogP) is 6.53. The van der Waals surface area contributed by atoms with Gasteiger partial charge < -0.3 is 14.9 Å². The van der Waals surface area contributed by atoms with Crippen LogP contribution in [0.2, 0.25) is 0 Å². The van der Waals surface area contributed by atoms with Crippen molar-refractivity contribution in [2.75, 3.05) is 13.2 Å². The number of phenolic OH excluding ortho intramolecular Hbond substituents is 2. The minimum atomic E-state index is 0.169.